The van der Waals surface area contributed by atoms with E-state index in [2.05, 4.69) is 0 Å². The van der Waals surface area contributed by atoms with E-state index in [0.717, 1.165) is 0 Å². The normalized spacial score (nSPS) is 35.9. The van der Waals surface area contributed by atoms with E-state index < -0.39 is 23.0 Å². The third kappa shape index (κ3) is 1.61. The second-order valence-corrected chi connectivity index (χ2v) is 3.06. The maximum Gasteiger partial charge on any atom is 0.225 e. The number of aliphatic hydroxyl groups is 1. The fourth-order valence-corrected chi connectivity index (χ4v) is 1.60. The van der Waals surface area contributed by atoms with Crippen molar-refractivity contribution in [2.45, 2.75) is 31.4 Å². The lowest BCUT2D eigenvalue weighted by molar-refractivity contribution is -0.534. The Morgan fingerprint density at radius 1 is 1.50 bits per heavy atom. The Morgan fingerprint density at radius 3 is 2.58 bits per heavy atom. The fraction of sp³-hybridized carbons (Fsp3) is 0.857. The average molecular weight is 173 g/mol. The molecule has 1 aliphatic rings. The molecule has 0 amide bonds. The van der Waals surface area contributed by atoms with E-state index in [0.29, 0.717) is 25.5 Å². The molecule has 1 aliphatic carbocycles. The quantitative estimate of drug-likeness (QED) is 0.362. The van der Waals surface area contributed by atoms with Gasteiger partial charge in [-0.05, 0) is 12.8 Å². The lowest BCUT2D eigenvalue weighted by atomic mass is 9.83. The first-order valence-electron chi connectivity index (χ1n) is 3.93. The van der Waals surface area contributed by atoms with Crippen LogP contribution in [-0.4, -0.2) is 28.5 Å². The molecule has 1 N–H and O–H groups in total. The third-order valence-corrected chi connectivity index (χ3v) is 2.32. The highest BCUT2D eigenvalue weighted by Crippen LogP contribution is 2.25. The highest BCUT2D eigenvalue weighted by Gasteiger charge is 2.39. The maximum atomic E-state index is 10.4. The number of hydrogen-bond donors (Lipinski definition) is 1. The second-order valence-electron chi connectivity index (χ2n) is 3.06. The zero-order chi connectivity index (χ0) is 9.14. The third-order valence-electron chi connectivity index (χ3n) is 2.32. The van der Waals surface area contributed by atoms with Crippen molar-refractivity contribution < 1.29 is 14.8 Å². The Kier molecular flexibility index (Phi) is 2.75. The van der Waals surface area contributed by atoms with Crippen molar-refractivity contribution in [1.29, 1.82) is 0 Å². The summed E-state index contributed by atoms with van der Waals surface area (Å²) in [6, 6.07) is -0.883. The number of carbonyl (C=O) groups excluding carboxylic acids is 1. The van der Waals surface area contributed by atoms with Crippen molar-refractivity contribution in [2.75, 3.05) is 0 Å². The molecule has 12 heavy (non-hydrogen) atoms. The molecule has 5 nitrogen and oxygen atoms in total. The predicted molar refractivity (Wildman–Crippen MR) is 40.2 cm³/mol. The van der Waals surface area contributed by atoms with E-state index in [9.17, 15) is 20.0 Å². The fourth-order valence-electron chi connectivity index (χ4n) is 1.60. The van der Waals surface area contributed by atoms with E-state index in [4.69, 9.17) is 0 Å². The Balaban J connectivity index is 2.70. The van der Waals surface area contributed by atoms with Crippen LogP contribution >= 0.6 is 0 Å². The van der Waals surface area contributed by atoms with Gasteiger partial charge in [0.05, 0.1) is 6.10 Å². The molecule has 0 heterocycles. The molecule has 0 aromatic carbocycles. The van der Waals surface area contributed by atoms with Crippen molar-refractivity contribution in [3.05, 3.63) is 10.1 Å². The van der Waals surface area contributed by atoms with Gasteiger partial charge in [0.2, 0.25) is 6.04 Å². The van der Waals surface area contributed by atoms with Gasteiger partial charge in [-0.15, -0.1) is 0 Å². The molecule has 0 saturated heterocycles. The van der Waals surface area contributed by atoms with Gasteiger partial charge in [0, 0.05) is 11.3 Å². The van der Waals surface area contributed by atoms with Crippen LogP contribution in [0.25, 0.3) is 0 Å². The first kappa shape index (κ1) is 9.12. The van der Waals surface area contributed by atoms with E-state index in [1.807, 2.05) is 0 Å². The van der Waals surface area contributed by atoms with Crippen molar-refractivity contribution >= 4 is 6.29 Å². The van der Waals surface area contributed by atoms with Crippen molar-refractivity contribution in [3.8, 4) is 0 Å². The van der Waals surface area contributed by atoms with Gasteiger partial charge in [-0.25, -0.2) is 0 Å². The molecule has 1 rings (SSSR count). The van der Waals surface area contributed by atoms with Crippen molar-refractivity contribution in [3.63, 3.8) is 0 Å². The number of aldehydes is 1. The summed E-state index contributed by atoms with van der Waals surface area (Å²) in [5.74, 6) is -0.811. The summed E-state index contributed by atoms with van der Waals surface area (Å²) in [4.78, 5) is 20.4. The molecule has 3 atom stereocenters. The van der Waals surface area contributed by atoms with Crippen LogP contribution in [0.4, 0.5) is 0 Å². The van der Waals surface area contributed by atoms with Gasteiger partial charge >= 0.3 is 0 Å². The predicted octanol–water partition coefficient (Wildman–Crippen LogP) is -0.00840. The molecule has 0 aromatic heterocycles. The lowest BCUT2D eigenvalue weighted by Crippen LogP contribution is -2.41. The molecule has 3 unspecified atom stereocenters. The second kappa shape index (κ2) is 3.62. The Hall–Kier alpha value is -0.970. The van der Waals surface area contributed by atoms with Gasteiger partial charge in [0.15, 0.2) is 0 Å². The zero-order valence-electron chi connectivity index (χ0n) is 6.55. The van der Waals surface area contributed by atoms with E-state index >= 15 is 0 Å². The van der Waals surface area contributed by atoms with Crippen LogP contribution in [0.15, 0.2) is 0 Å². The van der Waals surface area contributed by atoms with Gasteiger partial charge in [0.1, 0.15) is 12.2 Å². The largest absolute Gasteiger partial charge is 0.392 e. The molecular formula is C7H11NO4. The highest BCUT2D eigenvalue weighted by molar-refractivity contribution is 5.55. The summed E-state index contributed by atoms with van der Waals surface area (Å²) in [7, 11) is 0. The molecule has 1 saturated carbocycles. The van der Waals surface area contributed by atoms with Crippen LogP contribution in [0.2, 0.25) is 0 Å². The molecule has 1 fully saturated rings. The summed E-state index contributed by atoms with van der Waals surface area (Å²) >= 11 is 0. The highest BCUT2D eigenvalue weighted by atomic mass is 16.6. The average Bonchev–Trinajstić information content (AvgIpc) is 2.03. The van der Waals surface area contributed by atoms with E-state index in [1.54, 1.807) is 0 Å². The Bertz CT molecular complexity index is 194. The van der Waals surface area contributed by atoms with E-state index in [-0.39, 0.29) is 0 Å². The summed E-state index contributed by atoms with van der Waals surface area (Å²) in [6.45, 7) is 0. The molecular weight excluding hydrogens is 162 g/mol. The van der Waals surface area contributed by atoms with Crippen LogP contribution < -0.4 is 0 Å². The molecule has 0 aromatic rings. The van der Waals surface area contributed by atoms with Crippen LogP contribution in [-0.2, 0) is 4.79 Å². The standard InChI is InChI=1S/C7H11NO4/c9-4-5-6(8(11)12)2-1-3-7(5)10/h4-7,10H,1-3H2. The van der Waals surface area contributed by atoms with Crippen LogP contribution in [0.3, 0.4) is 0 Å². The monoisotopic (exact) mass is 173 g/mol. The number of rotatable bonds is 2. The number of nitro groups is 1. The molecule has 0 radical (unpaired) electrons. The van der Waals surface area contributed by atoms with Crippen LogP contribution in [0.1, 0.15) is 19.3 Å². The number of carbonyl (C=O) groups is 1. The van der Waals surface area contributed by atoms with E-state index in [1.165, 1.54) is 0 Å². The molecule has 0 spiro atoms. The number of hydrogen-bond acceptors (Lipinski definition) is 4. The van der Waals surface area contributed by atoms with Gasteiger partial charge in [-0.1, -0.05) is 0 Å². The SMILES string of the molecule is O=CC1C(O)CCCC1[N+](=O)[O-]. The van der Waals surface area contributed by atoms with Crippen LogP contribution in [0.5, 0.6) is 0 Å². The zero-order valence-corrected chi connectivity index (χ0v) is 6.55. The minimum absolute atomic E-state index is 0.396. The first-order chi connectivity index (χ1) is 5.66. The summed E-state index contributed by atoms with van der Waals surface area (Å²) < 4.78 is 0. The molecule has 5 heteroatoms. The Labute approximate surface area is 69.5 Å². The molecule has 0 aliphatic heterocycles. The topological polar surface area (TPSA) is 80.4 Å². The smallest absolute Gasteiger partial charge is 0.225 e. The maximum absolute atomic E-state index is 10.4. The van der Waals surface area contributed by atoms with Gasteiger partial charge in [-0.2, -0.15) is 0 Å². The van der Waals surface area contributed by atoms with Gasteiger partial charge in [-0.3, -0.25) is 10.1 Å². The summed E-state index contributed by atoms with van der Waals surface area (Å²) in [6.07, 6.45) is 1.18. The molecule has 0 bridgehead atoms. The number of aliphatic hydroxyl groups excluding tert-OH is 1. The van der Waals surface area contributed by atoms with Crippen LogP contribution in [0, 0.1) is 16.0 Å². The van der Waals surface area contributed by atoms with Gasteiger partial charge in [0.25, 0.3) is 0 Å². The minimum atomic E-state index is -0.883. The first-order valence-corrected chi connectivity index (χ1v) is 3.93. The summed E-state index contributed by atoms with van der Waals surface area (Å²) in [5.41, 5.74) is 0. The lowest BCUT2D eigenvalue weighted by Gasteiger charge is -2.25. The minimum Gasteiger partial charge on any atom is -0.392 e. The number of nitrogens with zero attached hydrogens (tertiary/aromatic N) is 1. The molecule has 68 valence electrons. The summed E-state index contributed by atoms with van der Waals surface area (Å²) in [5, 5.41) is 19.7. The Morgan fingerprint density at radius 2 is 2.17 bits per heavy atom. The van der Waals surface area contributed by atoms with Gasteiger partial charge < -0.3 is 9.90 Å². The van der Waals surface area contributed by atoms with Crippen molar-refractivity contribution in [1.82, 2.24) is 0 Å². The van der Waals surface area contributed by atoms with Crippen molar-refractivity contribution in [2.24, 2.45) is 5.92 Å².